The number of carbonyl (C=O) groups is 1. The first-order valence-corrected chi connectivity index (χ1v) is 15.1. The largest absolute Gasteiger partial charge is 0.504 e. The Bertz CT molecular complexity index is 1540. The number of para-hydroxylation sites is 1. The lowest BCUT2D eigenvalue weighted by Gasteiger charge is -2.24. The van der Waals surface area contributed by atoms with Crippen LogP contribution in [0, 0.1) is 0 Å². The summed E-state index contributed by atoms with van der Waals surface area (Å²) in [4.78, 5) is 27.0. The molecule has 43 heavy (non-hydrogen) atoms. The third-order valence-electron chi connectivity index (χ3n) is 6.99. The Balaban J connectivity index is 0.000000541. The van der Waals surface area contributed by atoms with Crippen molar-refractivity contribution in [1.82, 2.24) is 29.1 Å². The number of hydrogen-bond donors (Lipinski definition) is 4. The van der Waals surface area contributed by atoms with Gasteiger partial charge in [-0.25, -0.2) is 19.7 Å². The molecule has 0 unspecified atom stereocenters. The topological polar surface area (TPSA) is 213 Å². The van der Waals surface area contributed by atoms with E-state index in [9.17, 15) is 23.4 Å². The van der Waals surface area contributed by atoms with Crippen LogP contribution in [0.2, 0.25) is 0 Å². The molecular weight excluding hydrogens is 586 g/mol. The average molecular weight is 624 g/mol. The van der Waals surface area contributed by atoms with Crippen LogP contribution in [0.25, 0.3) is 11.2 Å². The van der Waals surface area contributed by atoms with E-state index in [1.165, 1.54) is 38.4 Å². The van der Waals surface area contributed by atoms with Gasteiger partial charge in [-0.3, -0.25) is 13.5 Å². The molecule has 1 aromatic carbocycles. The number of fused-ring (bicyclic) bond motifs is 2. The molecule has 2 aromatic heterocycles. The van der Waals surface area contributed by atoms with E-state index < -0.39 is 70.2 Å². The monoisotopic (exact) mass is 623 g/mol. The number of aromatic nitrogens is 4. The van der Waals surface area contributed by atoms with Crippen molar-refractivity contribution in [2.24, 2.45) is 0 Å². The van der Waals surface area contributed by atoms with Crippen molar-refractivity contribution in [3.8, 4) is 11.5 Å². The molecule has 0 saturated carbocycles. The molecule has 5 rings (SSSR count). The summed E-state index contributed by atoms with van der Waals surface area (Å²) < 4.78 is 51.1. The van der Waals surface area contributed by atoms with Crippen LogP contribution in [-0.2, 0) is 28.7 Å². The summed E-state index contributed by atoms with van der Waals surface area (Å²) in [5.41, 5.74) is 6.15. The molecule has 4 heterocycles. The quantitative estimate of drug-likeness (QED) is 0.247. The molecule has 16 nitrogen and oxygen atoms in total. The van der Waals surface area contributed by atoms with Crippen molar-refractivity contribution in [3.63, 3.8) is 0 Å². The van der Waals surface area contributed by atoms with Crippen LogP contribution in [-0.4, -0.2) is 99.3 Å². The van der Waals surface area contributed by atoms with Crippen molar-refractivity contribution in [3.05, 3.63) is 36.4 Å². The molecule has 0 spiro atoms. The number of phenols is 2. The number of nitrogen functional groups attached to an aromatic ring is 1. The molecule has 2 aliphatic rings. The minimum Gasteiger partial charge on any atom is -0.504 e. The fourth-order valence-corrected chi connectivity index (χ4v) is 5.52. The van der Waals surface area contributed by atoms with Crippen LogP contribution in [0.15, 0.2) is 30.9 Å². The Kier molecular flexibility index (Phi) is 9.73. The lowest BCUT2D eigenvalue weighted by molar-refractivity contribution is -0.198. The molecule has 236 valence electrons. The fraction of sp³-hybridized carbons (Fsp3) is 0.538. The van der Waals surface area contributed by atoms with Gasteiger partial charge in [-0.15, -0.1) is 0 Å². The Morgan fingerprint density at radius 1 is 1.12 bits per heavy atom. The highest BCUT2D eigenvalue weighted by Crippen LogP contribution is 2.44. The minimum absolute atomic E-state index is 0.178. The number of hydrogen-bond acceptors (Lipinski definition) is 14. The van der Waals surface area contributed by atoms with E-state index in [4.69, 9.17) is 24.1 Å². The first kappa shape index (κ1) is 32.3. The number of nitrogens with zero attached hydrogens (tertiary/aromatic N) is 5. The van der Waals surface area contributed by atoms with Crippen molar-refractivity contribution < 1.29 is 41.8 Å². The van der Waals surface area contributed by atoms with Crippen LogP contribution >= 0.6 is 0 Å². The van der Waals surface area contributed by atoms with Crippen LogP contribution in [0.5, 0.6) is 11.5 Å². The zero-order chi connectivity index (χ0) is 31.5. The highest BCUT2D eigenvalue weighted by atomic mass is 32.2. The molecular formula is C26H37N7O9S. The van der Waals surface area contributed by atoms with Gasteiger partial charge < -0.3 is 35.1 Å². The summed E-state index contributed by atoms with van der Waals surface area (Å²) in [5.74, 6) is -3.38. The molecule has 0 aliphatic carbocycles. The maximum absolute atomic E-state index is 12.4. The normalized spacial score (nSPS) is 22.7. The van der Waals surface area contributed by atoms with Gasteiger partial charge in [0, 0.05) is 0 Å². The summed E-state index contributed by atoms with van der Waals surface area (Å²) in [5, 5.41) is 19.3. The van der Waals surface area contributed by atoms with Crippen molar-refractivity contribution in [2.45, 2.75) is 64.9 Å². The first-order chi connectivity index (χ1) is 20.3. The zero-order valence-corrected chi connectivity index (χ0v) is 25.3. The highest BCUT2D eigenvalue weighted by Gasteiger charge is 2.56. The van der Waals surface area contributed by atoms with Gasteiger partial charge >= 0.3 is 10.3 Å². The molecule has 17 heteroatoms. The van der Waals surface area contributed by atoms with Gasteiger partial charge in [0.05, 0.1) is 18.5 Å². The summed E-state index contributed by atoms with van der Waals surface area (Å²) >= 11 is 0. The average Bonchev–Trinajstić information content (AvgIpc) is 3.61. The van der Waals surface area contributed by atoms with Crippen molar-refractivity contribution in [2.75, 3.05) is 32.0 Å². The predicted octanol–water partition coefficient (Wildman–Crippen LogP) is 1.28. The summed E-state index contributed by atoms with van der Waals surface area (Å²) in [6.45, 7) is 13.0. The number of amides is 1. The van der Waals surface area contributed by atoms with Crippen molar-refractivity contribution in [1.29, 1.82) is 0 Å². The Hall–Kier alpha value is -3.61. The molecule has 0 bridgehead atoms. The molecule has 3 aromatic rings. The maximum atomic E-state index is 12.4. The SMILES string of the molecule is CC1(C)O[C@@H]2[C@H](O1)[C@@H](COS(=O)(=O)NC(=O)c1cccc(O)c1O)O[C@H]2n1cnc2c(N)ncnc21.CCN(CC)CC. The third-order valence-corrected chi connectivity index (χ3v) is 7.87. The van der Waals surface area contributed by atoms with Gasteiger partial charge in [-0.05, 0) is 45.6 Å². The lowest BCUT2D eigenvalue weighted by atomic mass is 10.1. The number of imidazole rings is 1. The molecule has 5 N–H and O–H groups in total. The van der Waals surface area contributed by atoms with Gasteiger partial charge in [0.15, 0.2) is 35.0 Å². The predicted molar refractivity (Wildman–Crippen MR) is 153 cm³/mol. The number of aromatic hydroxyl groups is 2. The van der Waals surface area contributed by atoms with E-state index >= 15 is 0 Å². The van der Waals surface area contributed by atoms with Crippen molar-refractivity contribution >= 4 is 33.2 Å². The van der Waals surface area contributed by atoms with Crippen LogP contribution < -0.4 is 10.5 Å². The maximum Gasteiger partial charge on any atom is 0.362 e. The number of carbonyl (C=O) groups excluding carboxylic acids is 1. The van der Waals surface area contributed by atoms with E-state index in [0.29, 0.717) is 11.2 Å². The van der Waals surface area contributed by atoms with Crippen LogP contribution in [0.4, 0.5) is 5.82 Å². The minimum atomic E-state index is -4.64. The number of ether oxygens (including phenoxy) is 3. The van der Waals surface area contributed by atoms with E-state index in [2.05, 4.69) is 40.6 Å². The smallest absolute Gasteiger partial charge is 0.362 e. The standard InChI is InChI=1S/C20H22N6O9S.C6H15N/c1-20(2)34-14-11(6-32-36(30,31)25-18(29)9-4-3-5-10(27)13(9)28)33-19(15(14)35-20)26-8-24-12-16(21)22-7-23-17(12)26;1-4-7(5-2)6-3/h3-5,7-8,11,14-15,19,27-28H,6H2,1-2H3,(H,25,29)(H2,21,22,23);4-6H2,1-3H3/t11-,14-,15-,19-;/m1./s1. The van der Waals surface area contributed by atoms with E-state index in [0.717, 1.165) is 12.1 Å². The lowest BCUT2D eigenvalue weighted by Crippen LogP contribution is -2.37. The third kappa shape index (κ3) is 7.14. The Morgan fingerprint density at radius 3 is 2.44 bits per heavy atom. The Labute approximate surface area is 249 Å². The van der Waals surface area contributed by atoms with E-state index in [1.54, 1.807) is 23.1 Å². The number of nitrogens with one attached hydrogen (secondary N) is 1. The molecule has 0 radical (unpaired) electrons. The molecule has 2 aliphatic heterocycles. The summed E-state index contributed by atoms with van der Waals surface area (Å²) in [7, 11) is -4.64. The number of benzene rings is 1. The van der Waals surface area contributed by atoms with Crippen LogP contribution in [0.1, 0.15) is 51.2 Å². The van der Waals surface area contributed by atoms with Gasteiger partial charge in [0.1, 0.15) is 30.2 Å². The van der Waals surface area contributed by atoms with Gasteiger partial charge in [0.25, 0.3) is 5.91 Å². The summed E-state index contributed by atoms with van der Waals surface area (Å²) in [6, 6.07) is 3.53. The molecule has 2 saturated heterocycles. The zero-order valence-electron chi connectivity index (χ0n) is 24.5. The van der Waals surface area contributed by atoms with E-state index in [-0.39, 0.29) is 5.82 Å². The van der Waals surface area contributed by atoms with Crippen LogP contribution in [0.3, 0.4) is 0 Å². The fourth-order valence-electron chi connectivity index (χ4n) is 4.81. The van der Waals surface area contributed by atoms with Gasteiger partial charge in [0.2, 0.25) is 0 Å². The van der Waals surface area contributed by atoms with Gasteiger partial charge in [-0.2, -0.15) is 8.42 Å². The molecule has 1 amide bonds. The molecule has 4 atom stereocenters. The molecule has 2 fully saturated rings. The highest BCUT2D eigenvalue weighted by molar-refractivity contribution is 7.85. The Morgan fingerprint density at radius 2 is 1.79 bits per heavy atom. The number of rotatable bonds is 9. The number of nitrogens with two attached hydrogens (primary N) is 1. The summed E-state index contributed by atoms with van der Waals surface area (Å²) in [6.07, 6.45) is -0.427. The second-order valence-electron chi connectivity index (χ2n) is 10.2. The first-order valence-electron chi connectivity index (χ1n) is 13.7. The second kappa shape index (κ2) is 12.9. The van der Waals surface area contributed by atoms with Gasteiger partial charge in [-0.1, -0.05) is 26.8 Å². The van der Waals surface area contributed by atoms with E-state index in [1.807, 2.05) is 0 Å². The number of phenolic OH excluding ortho intramolecular Hbond substituents is 2. The second-order valence-corrected chi connectivity index (χ2v) is 11.5. The number of anilines is 1.